The van der Waals surface area contributed by atoms with Gasteiger partial charge in [0, 0.05) is 10.5 Å². The molecule has 0 fully saturated rings. The summed E-state index contributed by atoms with van der Waals surface area (Å²) in [5.74, 6) is -1.58. The molecule has 0 saturated carbocycles. The number of hydrogen-bond donors (Lipinski definition) is 1. The van der Waals surface area contributed by atoms with Crippen LogP contribution in [0.3, 0.4) is 0 Å². The number of nitro groups is 1. The molecule has 1 aromatic rings. The molecule has 0 aliphatic heterocycles. The molecule has 0 saturated heterocycles. The van der Waals surface area contributed by atoms with Gasteiger partial charge in [0.15, 0.2) is 0 Å². The van der Waals surface area contributed by atoms with E-state index in [0.717, 1.165) is 6.07 Å². The van der Waals surface area contributed by atoms with Gasteiger partial charge in [-0.2, -0.15) is 8.78 Å². The number of halogens is 3. The quantitative estimate of drug-likeness (QED) is 0.688. The average Bonchev–Trinajstić information content (AvgIpc) is 2.20. The van der Waals surface area contributed by atoms with Crippen molar-refractivity contribution in [3.05, 3.63) is 32.8 Å². The van der Waals surface area contributed by atoms with Gasteiger partial charge < -0.3 is 5.32 Å². The van der Waals surface area contributed by atoms with Crippen molar-refractivity contribution in [3.63, 3.8) is 0 Å². The van der Waals surface area contributed by atoms with Crippen molar-refractivity contribution in [1.82, 2.24) is 0 Å². The Hall–Kier alpha value is -1.57. The summed E-state index contributed by atoms with van der Waals surface area (Å²) in [4.78, 5) is 20.5. The maximum atomic E-state index is 11.9. The summed E-state index contributed by atoms with van der Waals surface area (Å²) >= 11 is 2.99. The van der Waals surface area contributed by atoms with Crippen LogP contribution in [0.5, 0.6) is 0 Å². The molecule has 1 rings (SSSR count). The summed E-state index contributed by atoms with van der Waals surface area (Å²) in [5, 5.41) is 12.3. The Kier molecular flexibility index (Phi) is 3.88. The number of alkyl halides is 2. The van der Waals surface area contributed by atoms with Crippen LogP contribution >= 0.6 is 15.9 Å². The normalized spacial score (nSPS) is 10.2. The molecule has 86 valence electrons. The van der Waals surface area contributed by atoms with Gasteiger partial charge in [0.2, 0.25) is 0 Å². The lowest BCUT2D eigenvalue weighted by Gasteiger charge is -2.05. The Bertz CT molecular complexity index is 439. The van der Waals surface area contributed by atoms with Crippen LogP contribution in [-0.2, 0) is 4.79 Å². The first-order valence-electron chi connectivity index (χ1n) is 3.95. The molecule has 16 heavy (non-hydrogen) atoms. The third kappa shape index (κ3) is 2.96. The van der Waals surface area contributed by atoms with Crippen molar-refractivity contribution in [2.24, 2.45) is 0 Å². The van der Waals surface area contributed by atoms with Gasteiger partial charge in [0.05, 0.1) is 4.92 Å². The van der Waals surface area contributed by atoms with Gasteiger partial charge in [0.1, 0.15) is 5.69 Å². The number of amides is 1. The zero-order chi connectivity index (χ0) is 12.3. The zero-order valence-corrected chi connectivity index (χ0v) is 9.20. The summed E-state index contributed by atoms with van der Waals surface area (Å²) in [5.41, 5.74) is -0.720. The highest BCUT2D eigenvalue weighted by Gasteiger charge is 2.20. The molecular formula is C8H5BrF2N2O3. The third-order valence-corrected chi connectivity index (χ3v) is 2.11. The number of hydrogen-bond acceptors (Lipinski definition) is 3. The number of nitrogens with zero attached hydrogens (tertiary/aromatic N) is 1. The number of carbonyl (C=O) groups is 1. The van der Waals surface area contributed by atoms with E-state index in [-0.39, 0.29) is 5.69 Å². The van der Waals surface area contributed by atoms with Crippen LogP contribution in [0.2, 0.25) is 0 Å². The van der Waals surface area contributed by atoms with Crippen molar-refractivity contribution in [2.45, 2.75) is 6.43 Å². The molecule has 1 N–H and O–H groups in total. The van der Waals surface area contributed by atoms with Crippen LogP contribution in [0.25, 0.3) is 0 Å². The number of anilines is 1. The molecule has 0 bridgehead atoms. The van der Waals surface area contributed by atoms with E-state index in [2.05, 4.69) is 15.9 Å². The van der Waals surface area contributed by atoms with E-state index in [0.29, 0.717) is 4.47 Å². The summed E-state index contributed by atoms with van der Waals surface area (Å²) in [6.07, 6.45) is -3.22. The minimum atomic E-state index is -3.22. The molecule has 0 aromatic heterocycles. The van der Waals surface area contributed by atoms with Gasteiger partial charge >= 0.3 is 6.43 Å². The maximum absolute atomic E-state index is 11.9. The van der Waals surface area contributed by atoms with Gasteiger partial charge in [-0.1, -0.05) is 15.9 Å². The molecule has 0 radical (unpaired) electrons. The van der Waals surface area contributed by atoms with Crippen LogP contribution in [-0.4, -0.2) is 17.3 Å². The van der Waals surface area contributed by atoms with Crippen molar-refractivity contribution < 1.29 is 18.5 Å². The standard InChI is InChI=1S/C8H5BrF2N2O3/c9-4-1-2-5(6(3-4)13(15)16)12-8(14)7(10)11/h1-3,7H,(H,12,14). The Balaban J connectivity index is 3.04. The smallest absolute Gasteiger partial charge is 0.315 e. The highest BCUT2D eigenvalue weighted by molar-refractivity contribution is 9.10. The Labute approximate surface area is 96.7 Å². The SMILES string of the molecule is O=C(Nc1ccc(Br)cc1[N+](=O)[O-])C(F)F. The predicted octanol–water partition coefficient (Wildman–Crippen LogP) is 2.56. The lowest BCUT2D eigenvalue weighted by molar-refractivity contribution is -0.384. The van der Waals surface area contributed by atoms with E-state index in [1.165, 1.54) is 12.1 Å². The lowest BCUT2D eigenvalue weighted by atomic mass is 10.2. The van der Waals surface area contributed by atoms with E-state index in [9.17, 15) is 23.7 Å². The highest BCUT2D eigenvalue weighted by atomic mass is 79.9. The third-order valence-electron chi connectivity index (χ3n) is 1.61. The van der Waals surface area contributed by atoms with Gasteiger partial charge in [-0.05, 0) is 12.1 Å². The summed E-state index contributed by atoms with van der Waals surface area (Å²) in [7, 11) is 0. The van der Waals surface area contributed by atoms with E-state index in [4.69, 9.17) is 0 Å². The summed E-state index contributed by atoms with van der Waals surface area (Å²) in [6.45, 7) is 0. The molecular weight excluding hydrogens is 290 g/mol. The summed E-state index contributed by atoms with van der Waals surface area (Å²) < 4.78 is 24.3. The monoisotopic (exact) mass is 294 g/mol. The molecule has 0 spiro atoms. The van der Waals surface area contributed by atoms with E-state index >= 15 is 0 Å². The second kappa shape index (κ2) is 4.97. The fraction of sp³-hybridized carbons (Fsp3) is 0.125. The predicted molar refractivity (Wildman–Crippen MR) is 55.4 cm³/mol. The van der Waals surface area contributed by atoms with Gasteiger partial charge in [0.25, 0.3) is 11.6 Å². The van der Waals surface area contributed by atoms with Crippen LogP contribution in [0, 0.1) is 10.1 Å². The minimum Gasteiger partial charge on any atom is -0.315 e. The van der Waals surface area contributed by atoms with Gasteiger partial charge in [-0.15, -0.1) is 0 Å². The van der Waals surface area contributed by atoms with E-state index < -0.39 is 22.9 Å². The first-order valence-corrected chi connectivity index (χ1v) is 4.74. The first-order chi connectivity index (χ1) is 7.41. The maximum Gasteiger partial charge on any atom is 0.315 e. The van der Waals surface area contributed by atoms with Crippen molar-refractivity contribution >= 4 is 33.2 Å². The molecule has 0 heterocycles. The molecule has 1 amide bonds. The van der Waals surface area contributed by atoms with Gasteiger partial charge in [-0.3, -0.25) is 14.9 Å². The van der Waals surface area contributed by atoms with Crippen LogP contribution in [0.1, 0.15) is 0 Å². The van der Waals surface area contributed by atoms with E-state index in [1.807, 2.05) is 0 Å². The number of nitro benzene ring substituents is 1. The minimum absolute atomic E-state index is 0.265. The average molecular weight is 295 g/mol. The van der Waals surface area contributed by atoms with Crippen LogP contribution in [0.15, 0.2) is 22.7 Å². The highest BCUT2D eigenvalue weighted by Crippen LogP contribution is 2.28. The molecule has 0 aliphatic carbocycles. The van der Waals surface area contributed by atoms with Crippen molar-refractivity contribution in [3.8, 4) is 0 Å². The number of carbonyl (C=O) groups excluding carboxylic acids is 1. The second-order valence-electron chi connectivity index (χ2n) is 2.71. The molecule has 0 atom stereocenters. The molecule has 5 nitrogen and oxygen atoms in total. The topological polar surface area (TPSA) is 72.2 Å². The fourth-order valence-corrected chi connectivity index (χ4v) is 1.30. The first kappa shape index (κ1) is 12.5. The van der Waals surface area contributed by atoms with Crippen molar-refractivity contribution in [1.29, 1.82) is 0 Å². The molecule has 0 aliphatic rings. The van der Waals surface area contributed by atoms with Crippen LogP contribution < -0.4 is 5.32 Å². The largest absolute Gasteiger partial charge is 0.315 e. The Morgan fingerprint density at radius 1 is 1.50 bits per heavy atom. The van der Waals surface area contributed by atoms with E-state index in [1.54, 1.807) is 5.32 Å². The fourth-order valence-electron chi connectivity index (χ4n) is 0.949. The van der Waals surface area contributed by atoms with Crippen LogP contribution in [0.4, 0.5) is 20.2 Å². The zero-order valence-electron chi connectivity index (χ0n) is 7.62. The second-order valence-corrected chi connectivity index (χ2v) is 3.62. The number of nitrogens with one attached hydrogen (secondary N) is 1. The Morgan fingerprint density at radius 2 is 2.12 bits per heavy atom. The Morgan fingerprint density at radius 3 is 2.62 bits per heavy atom. The lowest BCUT2D eigenvalue weighted by Crippen LogP contribution is -2.20. The molecule has 1 aromatic carbocycles. The van der Waals surface area contributed by atoms with Gasteiger partial charge in [-0.25, -0.2) is 0 Å². The molecule has 0 unspecified atom stereocenters. The van der Waals surface area contributed by atoms with Crippen molar-refractivity contribution in [2.75, 3.05) is 5.32 Å². The molecule has 8 heteroatoms. The summed E-state index contributed by atoms with van der Waals surface area (Å²) in [6, 6.07) is 3.68. The number of rotatable bonds is 3. The number of benzene rings is 1.